The quantitative estimate of drug-likeness (QED) is 0.0346. The van der Waals surface area contributed by atoms with E-state index in [-0.39, 0.29) is 51.1 Å². The lowest BCUT2D eigenvalue weighted by molar-refractivity contribution is -0.160. The van der Waals surface area contributed by atoms with Crippen LogP contribution < -0.4 is 10.1 Å². The number of benzene rings is 3. The van der Waals surface area contributed by atoms with Crippen LogP contribution in [-0.2, 0) is 35.1 Å². The summed E-state index contributed by atoms with van der Waals surface area (Å²) in [7, 11) is 1.43. The van der Waals surface area contributed by atoms with E-state index in [4.69, 9.17) is 23.8 Å². The van der Waals surface area contributed by atoms with Gasteiger partial charge in [-0.2, -0.15) is 0 Å². The minimum atomic E-state index is -2.07. The number of aromatic hydroxyl groups is 3. The molecule has 3 aliphatic heterocycles. The molecule has 3 aromatic carbocycles. The molecule has 3 aliphatic rings. The van der Waals surface area contributed by atoms with Gasteiger partial charge in [0.05, 0.1) is 53.0 Å². The predicted octanol–water partition coefficient (Wildman–Crippen LogP) is 6.74. The van der Waals surface area contributed by atoms with Crippen LogP contribution in [0.4, 0.5) is 5.69 Å². The standard InChI is InChI=1S/C47H58N2O13/c1-24-15-13-16-25(2)46(57)49-37-32(23-48-60-21-14-19-31-17-11-10-12-18-31)41(54)34-35(42(37)55)40(53)29(6)44-36(34)45(56)47(8,62-44)59-22-20-33(58-9)26(3)43(61-30(7)50)28(5)39(52)27(4)38(24)51/h10-13,15-18,20,22-24,26-28,33,38-39,43,51-55H,14,19,21H2,1-9H3,(H,49,57)/b15-13+,22-20+,25-16-,48-23?/t24-,26-,27+,28-,33-,38-,39+,43+,47-/m0/s1. The summed E-state index contributed by atoms with van der Waals surface area (Å²) in [5.41, 5.74) is 0.484. The van der Waals surface area contributed by atoms with Crippen LogP contribution in [0.1, 0.15) is 81.9 Å². The van der Waals surface area contributed by atoms with Crippen molar-refractivity contribution in [2.24, 2.45) is 28.8 Å². The van der Waals surface area contributed by atoms with E-state index in [0.29, 0.717) is 12.8 Å². The van der Waals surface area contributed by atoms with Gasteiger partial charge in [-0.05, 0) is 38.3 Å². The van der Waals surface area contributed by atoms with E-state index in [9.17, 15) is 39.9 Å². The number of hydrogen-bond donors (Lipinski definition) is 6. The van der Waals surface area contributed by atoms with Crippen molar-refractivity contribution in [3.05, 3.63) is 88.7 Å². The SMILES string of the molecule is CO[C@H]1/C=C/O[C@@]2(C)Oc3c(C)c(O)c4c(O)c(c(C=NOCCCc5ccccc5)c(O)c4c3C2=O)NC(=O)/C(C)=C\C=C\[C@H](C)[C@H](O)[C@@H](C)[C@@H](O)[C@H](C)[C@H](OC(C)=O)[C@H]1C. The van der Waals surface area contributed by atoms with Gasteiger partial charge in [0.15, 0.2) is 5.75 Å². The number of esters is 1. The number of anilines is 1. The maximum absolute atomic E-state index is 14.4. The summed E-state index contributed by atoms with van der Waals surface area (Å²) in [6, 6.07) is 9.77. The van der Waals surface area contributed by atoms with Gasteiger partial charge in [0.25, 0.3) is 11.7 Å². The van der Waals surface area contributed by atoms with Crippen LogP contribution in [0.2, 0.25) is 0 Å². The summed E-state index contributed by atoms with van der Waals surface area (Å²) in [5, 5.41) is 64.4. The fraction of sp³-hybridized carbons (Fsp3) is 0.447. The number of ketones is 1. The molecular weight excluding hydrogens is 801 g/mol. The van der Waals surface area contributed by atoms with Crippen LogP contribution in [0.3, 0.4) is 0 Å². The maximum Gasteiger partial charge on any atom is 0.312 e. The minimum absolute atomic E-state index is 0.0322. The molecule has 0 aromatic heterocycles. The maximum atomic E-state index is 14.4. The van der Waals surface area contributed by atoms with Crippen molar-refractivity contribution in [3.63, 3.8) is 0 Å². The van der Waals surface area contributed by atoms with Crippen LogP contribution in [0.15, 0.2) is 71.6 Å². The number of ether oxygens (including phenoxy) is 4. The summed E-state index contributed by atoms with van der Waals surface area (Å²) in [4.78, 5) is 46.0. The Morgan fingerprint density at radius 3 is 2.29 bits per heavy atom. The van der Waals surface area contributed by atoms with E-state index in [1.165, 1.54) is 53.2 Å². The number of carbonyl (C=O) groups excluding carboxylic acids is 3. The molecule has 1 amide bonds. The molecule has 0 aliphatic carbocycles. The molecule has 0 radical (unpaired) electrons. The zero-order valence-electron chi connectivity index (χ0n) is 36.5. The number of hydrogen-bond acceptors (Lipinski definition) is 14. The second kappa shape index (κ2) is 19.9. The molecule has 6 rings (SSSR count). The summed E-state index contributed by atoms with van der Waals surface area (Å²) in [6.45, 7) is 12.6. The molecule has 15 heteroatoms. The number of aliphatic hydroxyl groups excluding tert-OH is 2. The van der Waals surface area contributed by atoms with Crippen LogP contribution in [0, 0.1) is 30.6 Å². The molecular formula is C47H58N2O13. The number of phenolic OH excluding ortho intramolecular Hbond substituents is 3. The highest BCUT2D eigenvalue weighted by atomic mass is 16.7. The number of allylic oxidation sites excluding steroid dienone is 2. The van der Waals surface area contributed by atoms with E-state index in [0.717, 1.165) is 11.8 Å². The first-order valence-corrected chi connectivity index (χ1v) is 20.6. The van der Waals surface area contributed by atoms with Crippen molar-refractivity contribution in [1.29, 1.82) is 0 Å². The van der Waals surface area contributed by atoms with Crippen molar-refractivity contribution < 1.29 is 63.7 Å². The lowest BCUT2D eigenvalue weighted by Crippen LogP contribution is -2.46. The van der Waals surface area contributed by atoms with Crippen LogP contribution in [0.5, 0.6) is 23.0 Å². The Labute approximate surface area is 361 Å². The van der Waals surface area contributed by atoms with Crippen molar-refractivity contribution in [1.82, 2.24) is 0 Å². The topological polar surface area (TPSA) is 223 Å². The molecule has 334 valence electrons. The van der Waals surface area contributed by atoms with E-state index in [2.05, 4.69) is 10.5 Å². The Morgan fingerprint density at radius 2 is 1.63 bits per heavy atom. The Balaban J connectivity index is 1.64. The first-order valence-electron chi connectivity index (χ1n) is 20.6. The average Bonchev–Trinajstić information content (AvgIpc) is 3.51. The second-order valence-corrected chi connectivity index (χ2v) is 16.3. The first-order chi connectivity index (χ1) is 29.3. The van der Waals surface area contributed by atoms with E-state index in [1.54, 1.807) is 39.8 Å². The zero-order chi connectivity index (χ0) is 45.6. The fourth-order valence-electron chi connectivity index (χ4n) is 8.00. The smallest absolute Gasteiger partial charge is 0.312 e. The second-order valence-electron chi connectivity index (χ2n) is 16.3. The number of aryl methyl sites for hydroxylation is 1. The lowest BCUT2D eigenvalue weighted by Gasteiger charge is -2.38. The van der Waals surface area contributed by atoms with Crippen LogP contribution >= 0.6 is 0 Å². The molecule has 0 unspecified atom stereocenters. The minimum Gasteiger partial charge on any atom is -0.507 e. The number of methoxy groups -OCH3 is 1. The van der Waals surface area contributed by atoms with Crippen LogP contribution in [0.25, 0.3) is 10.8 Å². The Hall–Kier alpha value is -5.90. The van der Waals surface area contributed by atoms with Crippen molar-refractivity contribution in [3.8, 4) is 23.0 Å². The molecule has 62 heavy (non-hydrogen) atoms. The highest BCUT2D eigenvalue weighted by molar-refractivity contribution is 6.23. The van der Waals surface area contributed by atoms with Crippen molar-refractivity contribution in [2.75, 3.05) is 19.0 Å². The molecule has 15 nitrogen and oxygen atoms in total. The predicted molar refractivity (Wildman–Crippen MR) is 232 cm³/mol. The Morgan fingerprint density at radius 1 is 0.935 bits per heavy atom. The number of oxime groups is 1. The van der Waals surface area contributed by atoms with Gasteiger partial charge in [-0.1, -0.05) is 81.4 Å². The van der Waals surface area contributed by atoms with Gasteiger partial charge >= 0.3 is 11.8 Å². The van der Waals surface area contributed by atoms with Gasteiger partial charge in [0, 0.05) is 61.2 Å². The van der Waals surface area contributed by atoms with Crippen molar-refractivity contribution >= 4 is 40.3 Å². The summed E-state index contributed by atoms with van der Waals surface area (Å²) >= 11 is 0. The normalized spacial score (nSPS) is 29.1. The molecule has 6 N–H and O–H groups in total. The number of carbonyl (C=O) groups is 3. The third-order valence-corrected chi connectivity index (χ3v) is 11.8. The van der Waals surface area contributed by atoms with Gasteiger partial charge in [-0.3, -0.25) is 14.4 Å². The van der Waals surface area contributed by atoms with E-state index >= 15 is 0 Å². The fourth-order valence-corrected chi connectivity index (χ4v) is 8.00. The van der Waals surface area contributed by atoms with Crippen LogP contribution in [-0.4, -0.2) is 93.3 Å². The van der Waals surface area contributed by atoms with Gasteiger partial charge < -0.3 is 54.6 Å². The summed E-state index contributed by atoms with van der Waals surface area (Å²) in [5.74, 6) is -8.67. The zero-order valence-corrected chi connectivity index (χ0v) is 36.5. The van der Waals surface area contributed by atoms with Gasteiger partial charge in [0.1, 0.15) is 30.0 Å². The molecule has 3 heterocycles. The number of nitrogens with one attached hydrogen (secondary N) is 1. The monoisotopic (exact) mass is 858 g/mol. The molecule has 0 spiro atoms. The van der Waals surface area contributed by atoms with Gasteiger partial charge in [-0.15, -0.1) is 0 Å². The number of rotatable bonds is 8. The number of Topliss-reactive ketones (excluding diaryl/α,β-unsaturated/α-hetero) is 1. The molecule has 5 bridgehead atoms. The summed E-state index contributed by atoms with van der Waals surface area (Å²) in [6.07, 6.45) is 5.84. The largest absolute Gasteiger partial charge is 0.507 e. The lowest BCUT2D eigenvalue weighted by atomic mass is 9.78. The molecule has 3 aromatic rings. The molecule has 0 saturated carbocycles. The van der Waals surface area contributed by atoms with Gasteiger partial charge in [-0.25, -0.2) is 0 Å². The highest BCUT2D eigenvalue weighted by Crippen LogP contribution is 2.55. The van der Waals surface area contributed by atoms with E-state index < -0.39 is 88.8 Å². The molecule has 9 atom stereocenters. The van der Waals surface area contributed by atoms with Gasteiger partial charge in [0.2, 0.25) is 0 Å². The number of phenols is 3. The average molecular weight is 859 g/mol. The third kappa shape index (κ3) is 9.75. The number of amides is 1. The molecule has 0 saturated heterocycles. The highest BCUT2D eigenvalue weighted by Gasteiger charge is 2.50. The Bertz CT molecular complexity index is 2270. The number of aliphatic hydroxyl groups is 2. The third-order valence-electron chi connectivity index (χ3n) is 11.8. The van der Waals surface area contributed by atoms with E-state index in [1.807, 2.05) is 30.3 Å². The Kier molecular flexibility index (Phi) is 15.1. The first kappa shape index (κ1) is 47.2. The number of nitrogens with zero attached hydrogens (tertiary/aromatic N) is 1. The summed E-state index contributed by atoms with van der Waals surface area (Å²) < 4.78 is 23.6. The number of fused-ring (bicyclic) bond motifs is 14. The molecule has 0 fully saturated rings. The van der Waals surface area contributed by atoms with Crippen molar-refractivity contribution in [2.45, 2.75) is 98.4 Å².